The van der Waals surface area contributed by atoms with Gasteiger partial charge in [0.05, 0.1) is 45.6 Å². The minimum atomic E-state index is -6.53. The van der Waals surface area contributed by atoms with Crippen molar-refractivity contribution in [3.05, 3.63) is 46.0 Å². The standard InChI is InChI=1S/C36H51N15O23P4S/c1-13(2)68-23-15(70-32(21(23)53)50-11-43-18-28(50)44-35(38)46-30(18)54)8-67-78(62,79)72-24-16(71-34(25(24)64-5)49-10-42-17-26(37)40-9-41-27(17)49)7-66-76(58,59)74-77(60,61)73-75(56,57)65-6-14-22(63-4)20(52)33(69-14)51-12-48(3)19-29(51)45-36(39)47-31(19)55/h9-16,20-25,32-34,52-53H,6-8H2,1-5H3,(H11-,37,38,39,40,41,44,45,46,47,54,55,56,57,58,59,60,61,62,79)/p-3/t14-,15-,16-,20?,21?,22+,23+,24+,25?,32-,33-,34-,78?/m1/s1. The smallest absolute Gasteiger partial charge is 0.313 e. The second kappa shape index (κ2) is 22.6. The van der Waals surface area contributed by atoms with Crippen LogP contribution >= 0.6 is 30.2 Å². The van der Waals surface area contributed by atoms with Crippen LogP contribution in [0.25, 0.3) is 33.5 Å². The van der Waals surface area contributed by atoms with E-state index in [0.717, 1.165) is 20.5 Å². The topological polar surface area (TPSA) is 534 Å². The van der Waals surface area contributed by atoms with Crippen LogP contribution in [-0.4, -0.2) is 159 Å². The molecule has 0 radical (unpaired) electrons. The maximum absolute atomic E-state index is 14.2. The summed E-state index contributed by atoms with van der Waals surface area (Å²) in [6.07, 6.45) is -13.5. The molecule has 0 spiro atoms. The number of phosphoric acid groups is 3. The van der Waals surface area contributed by atoms with E-state index in [1.54, 1.807) is 13.8 Å². The number of methoxy groups -OCH3 is 2. The quantitative estimate of drug-likeness (QED) is 0.0247. The normalized spacial score (nSPS) is 29.6. The highest BCUT2D eigenvalue weighted by molar-refractivity contribution is 8.06. The molecule has 38 nitrogen and oxygen atoms in total. The van der Waals surface area contributed by atoms with Crippen molar-refractivity contribution in [2.75, 3.05) is 51.2 Å². The lowest BCUT2D eigenvalue weighted by Crippen LogP contribution is -2.46. The van der Waals surface area contributed by atoms with Gasteiger partial charge in [-0.3, -0.25) is 47.0 Å². The molecular formula is C36H48N15O23P4S-3. The Morgan fingerprint density at radius 2 is 1.30 bits per heavy atom. The number of aliphatic hydroxyl groups excluding tert-OH is 2. The van der Waals surface area contributed by atoms with E-state index in [1.165, 1.54) is 44.3 Å². The number of aliphatic hydroxyl groups is 2. The highest BCUT2D eigenvalue weighted by atomic mass is 32.5. The van der Waals surface area contributed by atoms with Crippen molar-refractivity contribution in [3.63, 3.8) is 0 Å². The third kappa shape index (κ3) is 12.3. The zero-order valence-corrected chi connectivity index (χ0v) is 45.7. The number of anilines is 3. The van der Waals surface area contributed by atoms with E-state index >= 15 is 0 Å². The van der Waals surface area contributed by atoms with Gasteiger partial charge in [-0.05, 0) is 13.8 Å². The molecule has 0 saturated carbocycles. The molecule has 9 rings (SSSR count). The summed E-state index contributed by atoms with van der Waals surface area (Å²) in [5.74, 6) is -0.618. The number of aromatic amines is 2. The summed E-state index contributed by atoms with van der Waals surface area (Å²) in [5.41, 5.74) is 16.0. The number of aromatic nitrogens is 12. The van der Waals surface area contributed by atoms with Crippen molar-refractivity contribution in [2.24, 2.45) is 7.05 Å². The van der Waals surface area contributed by atoms with Gasteiger partial charge < -0.3 is 93.5 Å². The fraction of sp³-hybridized carbons (Fsp3) is 0.583. The molecule has 0 aromatic carbocycles. The van der Waals surface area contributed by atoms with Gasteiger partial charge in [-0.15, -0.1) is 0 Å². The maximum Gasteiger partial charge on any atom is 0.313 e. The first-order valence-corrected chi connectivity index (χ1v) is 29.8. The molecule has 6 aromatic rings. The number of nitrogen functional groups attached to an aromatic ring is 3. The number of nitrogens with two attached hydrogens (primary N) is 3. The molecule has 434 valence electrons. The predicted octanol–water partition coefficient (Wildman–Crippen LogP) is -5.04. The zero-order chi connectivity index (χ0) is 57.3. The summed E-state index contributed by atoms with van der Waals surface area (Å²) in [6.45, 7) is -4.67. The monoisotopic (exact) mass is 1210 g/mol. The molecule has 0 aliphatic carbocycles. The average molecular weight is 1210 g/mol. The third-order valence-electron chi connectivity index (χ3n) is 12.2. The summed E-state index contributed by atoms with van der Waals surface area (Å²) in [4.78, 5) is 107. The maximum atomic E-state index is 14.2. The van der Waals surface area contributed by atoms with Crippen LogP contribution in [0.15, 0.2) is 34.9 Å². The summed E-state index contributed by atoms with van der Waals surface area (Å²) < 4.78 is 108. The number of hydrogen-bond acceptors (Lipinski definition) is 33. The number of imidazole rings is 3. The Morgan fingerprint density at radius 1 is 0.734 bits per heavy atom. The molecule has 3 saturated heterocycles. The van der Waals surface area contributed by atoms with E-state index in [0.29, 0.717) is 0 Å². The number of H-pyrrole nitrogens is 2. The van der Waals surface area contributed by atoms with Crippen molar-refractivity contribution in [2.45, 2.75) is 93.6 Å². The number of fused-ring (bicyclic) bond motifs is 3. The molecule has 79 heavy (non-hydrogen) atoms. The molecule has 7 unspecified atom stereocenters. The summed E-state index contributed by atoms with van der Waals surface area (Å²) >= 11 is 5.28. The first-order valence-electron chi connectivity index (χ1n) is 22.8. The molecule has 0 bridgehead atoms. The van der Waals surface area contributed by atoms with Gasteiger partial charge in [-0.25, -0.2) is 33.1 Å². The van der Waals surface area contributed by atoms with Gasteiger partial charge in [0.2, 0.25) is 17.7 Å². The van der Waals surface area contributed by atoms with Crippen molar-refractivity contribution in [3.8, 4) is 0 Å². The molecule has 10 N–H and O–H groups in total. The van der Waals surface area contributed by atoms with Gasteiger partial charge in [-0.2, -0.15) is 4.98 Å². The van der Waals surface area contributed by atoms with Crippen LogP contribution in [0, 0.1) is 0 Å². The molecule has 9 heterocycles. The molecule has 3 aliphatic heterocycles. The fourth-order valence-corrected chi connectivity index (χ4v) is 13.8. The second-order valence-corrected chi connectivity index (χ2v) is 25.0. The lowest BCUT2D eigenvalue weighted by atomic mass is 10.1. The first kappa shape index (κ1) is 58.9. The largest absolute Gasteiger partial charge is 0.780 e. The van der Waals surface area contributed by atoms with Crippen LogP contribution in [0.2, 0.25) is 0 Å². The van der Waals surface area contributed by atoms with Gasteiger partial charge in [0.1, 0.15) is 73.5 Å². The number of hydrogen-bond donors (Lipinski definition) is 7. The summed E-state index contributed by atoms with van der Waals surface area (Å²) in [6, 6.07) is 0. The number of rotatable bonds is 22. The van der Waals surface area contributed by atoms with Gasteiger partial charge in [0, 0.05) is 14.2 Å². The molecule has 0 amide bonds. The van der Waals surface area contributed by atoms with Crippen LogP contribution in [0.1, 0.15) is 32.5 Å². The first-order chi connectivity index (χ1) is 37.1. The lowest BCUT2D eigenvalue weighted by Gasteiger charge is -2.36. The summed E-state index contributed by atoms with van der Waals surface area (Å²) in [5, 5.41) is 22.6. The molecule has 43 heteroatoms. The second-order valence-electron chi connectivity index (χ2n) is 17.8. The highest BCUT2D eigenvalue weighted by Gasteiger charge is 2.52. The van der Waals surface area contributed by atoms with Crippen LogP contribution in [0.5, 0.6) is 0 Å². The SMILES string of the molecule is COC1[C@@H](OP([O-])(=S)OC[C@H]2O[C@@H](n3cnc4c(=O)[nH]c(N)nc43)C(O)[C@H]2OC(C)C)[C@@H](COP(=O)([O-])OP(=O)([O-])OP(=O)([O-])OC[C@H]2O[C@@H]([n+]3cn(C)c4c(=O)[nH]c(N)nc43)C(O)[C@H]2OC)O[C@H]1n1cnc2c(N)ncnc21. The Bertz CT molecular complexity index is 3570. The van der Waals surface area contributed by atoms with Gasteiger partial charge in [-0.1, -0.05) is 16.8 Å². The molecule has 16 atom stereocenters. The van der Waals surface area contributed by atoms with Crippen molar-refractivity contribution < 1.29 is 103 Å². The number of nitrogens with zero attached hydrogens (tertiary/aromatic N) is 10. The zero-order valence-electron chi connectivity index (χ0n) is 41.3. The van der Waals surface area contributed by atoms with E-state index in [9.17, 15) is 53.1 Å². The van der Waals surface area contributed by atoms with Crippen molar-refractivity contribution in [1.29, 1.82) is 0 Å². The van der Waals surface area contributed by atoms with Crippen LogP contribution < -0.4 is 52.5 Å². The lowest BCUT2D eigenvalue weighted by molar-refractivity contribution is -0.745. The minimum Gasteiger partial charge on any atom is -0.780 e. The number of phosphoric ester groups is 2. The van der Waals surface area contributed by atoms with E-state index in [4.69, 9.17) is 75.5 Å². The molecule has 6 aromatic heterocycles. The molecule has 3 fully saturated rings. The van der Waals surface area contributed by atoms with Gasteiger partial charge >= 0.3 is 5.65 Å². The van der Waals surface area contributed by atoms with E-state index in [2.05, 4.69) is 48.5 Å². The Balaban J connectivity index is 0.882. The number of nitrogens with one attached hydrogen (secondary N) is 2. The van der Waals surface area contributed by atoms with Gasteiger partial charge in [0.25, 0.3) is 40.5 Å². The van der Waals surface area contributed by atoms with E-state index in [1.807, 2.05) is 0 Å². The molecular weight excluding hydrogens is 1170 g/mol. The van der Waals surface area contributed by atoms with E-state index in [-0.39, 0.29) is 51.2 Å². The Labute approximate surface area is 446 Å². The molecule has 3 aliphatic rings. The Morgan fingerprint density at radius 3 is 1.95 bits per heavy atom. The summed E-state index contributed by atoms with van der Waals surface area (Å²) in [7, 11) is -15.2. The minimum absolute atomic E-state index is 0.00934. The Kier molecular flexibility index (Phi) is 16.8. The van der Waals surface area contributed by atoms with Gasteiger partial charge in [0.15, 0.2) is 41.4 Å². The average Bonchev–Trinajstić information content (AvgIpc) is 4.40. The van der Waals surface area contributed by atoms with Crippen molar-refractivity contribution >= 4 is 93.2 Å². The third-order valence-corrected chi connectivity index (χ3v) is 17.8. The van der Waals surface area contributed by atoms with Crippen LogP contribution in [0.4, 0.5) is 17.7 Å². The Hall–Kier alpha value is -4.73. The highest BCUT2D eigenvalue weighted by Crippen LogP contribution is 2.63. The number of ether oxygens (including phenoxy) is 6. The van der Waals surface area contributed by atoms with E-state index < -0.39 is 141 Å². The number of aryl methyl sites for hydroxylation is 1. The van der Waals surface area contributed by atoms with Crippen LogP contribution in [0.3, 0.4) is 0 Å². The van der Waals surface area contributed by atoms with Crippen molar-refractivity contribution in [1.82, 2.24) is 53.6 Å². The predicted molar refractivity (Wildman–Crippen MR) is 256 cm³/mol. The van der Waals surface area contributed by atoms with Crippen LogP contribution in [-0.2, 0) is 87.7 Å². The fourth-order valence-electron chi connectivity index (χ4n) is 9.01.